The molecular formula is C23H18N6O2. The van der Waals surface area contributed by atoms with Gasteiger partial charge in [0.1, 0.15) is 23.2 Å². The van der Waals surface area contributed by atoms with Crippen LogP contribution in [-0.2, 0) is 0 Å². The Kier molecular flexibility index (Phi) is 3.95. The van der Waals surface area contributed by atoms with E-state index in [0.717, 1.165) is 16.9 Å². The molecule has 152 valence electrons. The Hall–Kier alpha value is -4.20. The Morgan fingerprint density at radius 1 is 0.968 bits per heavy atom. The van der Waals surface area contributed by atoms with Crippen LogP contribution < -0.4 is 10.5 Å². The first-order chi connectivity index (χ1) is 15.3. The van der Waals surface area contributed by atoms with E-state index in [0.29, 0.717) is 36.0 Å². The molecule has 0 amide bonds. The first-order valence-corrected chi connectivity index (χ1v) is 10.1. The highest BCUT2D eigenvalue weighted by atomic mass is 16.4. The second-order valence-corrected chi connectivity index (χ2v) is 7.56. The molecule has 8 nitrogen and oxygen atoms in total. The average Bonchev–Trinajstić information content (AvgIpc) is 3.42. The van der Waals surface area contributed by atoms with Gasteiger partial charge in [0, 0.05) is 18.7 Å². The summed E-state index contributed by atoms with van der Waals surface area (Å²) in [4.78, 5) is 26.9. The predicted octanol–water partition coefficient (Wildman–Crippen LogP) is 3.37. The normalized spacial score (nSPS) is 14.1. The fourth-order valence-corrected chi connectivity index (χ4v) is 3.85. The molecule has 3 aromatic heterocycles. The SMILES string of the molecule is O=c1[nH]c(C2CN(c3nc(-c4ccccc4)co3)C2)nc2c1cnn2-c1ccccc1. The molecule has 1 aliphatic rings. The van der Waals surface area contributed by atoms with Gasteiger partial charge in [0.15, 0.2) is 5.65 Å². The summed E-state index contributed by atoms with van der Waals surface area (Å²) in [5, 5.41) is 4.84. The van der Waals surface area contributed by atoms with Crippen molar-refractivity contribution in [3.63, 3.8) is 0 Å². The van der Waals surface area contributed by atoms with Crippen LogP contribution in [0.5, 0.6) is 0 Å². The van der Waals surface area contributed by atoms with Gasteiger partial charge in [-0.25, -0.2) is 9.67 Å². The molecular weight excluding hydrogens is 392 g/mol. The van der Waals surface area contributed by atoms with Crippen LogP contribution >= 0.6 is 0 Å². The third kappa shape index (κ3) is 3.00. The number of fused-ring (bicyclic) bond motifs is 1. The van der Waals surface area contributed by atoms with E-state index in [1.807, 2.05) is 65.6 Å². The largest absolute Gasteiger partial charge is 0.431 e. The smallest absolute Gasteiger partial charge is 0.297 e. The fourth-order valence-electron chi connectivity index (χ4n) is 3.85. The number of nitrogens with one attached hydrogen (secondary N) is 1. The molecule has 5 aromatic rings. The molecule has 6 rings (SSSR count). The number of rotatable bonds is 4. The monoisotopic (exact) mass is 410 g/mol. The zero-order valence-corrected chi connectivity index (χ0v) is 16.5. The van der Waals surface area contributed by atoms with Gasteiger partial charge in [-0.3, -0.25) is 4.79 Å². The van der Waals surface area contributed by atoms with Gasteiger partial charge in [-0.15, -0.1) is 0 Å². The Balaban J connectivity index is 1.26. The molecule has 0 radical (unpaired) electrons. The molecule has 8 heteroatoms. The number of aromatic amines is 1. The molecule has 0 bridgehead atoms. The van der Waals surface area contributed by atoms with Gasteiger partial charge >= 0.3 is 0 Å². The zero-order valence-electron chi connectivity index (χ0n) is 16.5. The van der Waals surface area contributed by atoms with Gasteiger partial charge < -0.3 is 14.3 Å². The van der Waals surface area contributed by atoms with E-state index >= 15 is 0 Å². The lowest BCUT2D eigenvalue weighted by Gasteiger charge is -2.37. The molecule has 4 heterocycles. The zero-order chi connectivity index (χ0) is 20.8. The summed E-state index contributed by atoms with van der Waals surface area (Å²) in [5.41, 5.74) is 3.07. The molecule has 31 heavy (non-hydrogen) atoms. The van der Waals surface area contributed by atoms with Crippen LogP contribution in [0.4, 0.5) is 6.01 Å². The molecule has 0 unspecified atom stereocenters. The van der Waals surface area contributed by atoms with E-state index in [1.165, 1.54) is 0 Å². The summed E-state index contributed by atoms with van der Waals surface area (Å²) in [5.74, 6) is 0.740. The number of hydrogen-bond donors (Lipinski definition) is 1. The van der Waals surface area contributed by atoms with Crippen LogP contribution in [0.2, 0.25) is 0 Å². The van der Waals surface area contributed by atoms with Gasteiger partial charge in [-0.1, -0.05) is 48.5 Å². The molecule has 0 atom stereocenters. The summed E-state index contributed by atoms with van der Waals surface area (Å²) >= 11 is 0. The summed E-state index contributed by atoms with van der Waals surface area (Å²) in [6, 6.07) is 20.2. The van der Waals surface area contributed by atoms with Crippen LogP contribution in [-0.4, -0.2) is 37.8 Å². The van der Waals surface area contributed by atoms with E-state index in [9.17, 15) is 4.79 Å². The molecule has 1 aliphatic heterocycles. The molecule has 2 aromatic carbocycles. The van der Waals surface area contributed by atoms with E-state index in [1.54, 1.807) is 17.1 Å². The van der Waals surface area contributed by atoms with Crippen molar-refractivity contribution >= 4 is 17.0 Å². The minimum atomic E-state index is -0.178. The Bertz CT molecular complexity index is 1420. The first kappa shape index (κ1) is 17.6. The van der Waals surface area contributed by atoms with E-state index in [2.05, 4.69) is 15.1 Å². The molecule has 0 spiro atoms. The predicted molar refractivity (Wildman–Crippen MR) is 116 cm³/mol. The van der Waals surface area contributed by atoms with Crippen molar-refractivity contribution in [3.05, 3.63) is 89.3 Å². The third-order valence-electron chi connectivity index (χ3n) is 5.56. The highest BCUT2D eigenvalue weighted by Crippen LogP contribution is 2.31. The topological polar surface area (TPSA) is 92.8 Å². The fraction of sp³-hybridized carbons (Fsp3) is 0.130. The van der Waals surface area contributed by atoms with Crippen molar-refractivity contribution in [1.82, 2.24) is 24.7 Å². The van der Waals surface area contributed by atoms with Gasteiger partial charge in [-0.2, -0.15) is 10.1 Å². The number of anilines is 1. The van der Waals surface area contributed by atoms with Gasteiger partial charge in [0.25, 0.3) is 11.6 Å². The molecule has 1 saturated heterocycles. The van der Waals surface area contributed by atoms with E-state index in [-0.39, 0.29) is 11.5 Å². The minimum Gasteiger partial charge on any atom is -0.431 e. The Morgan fingerprint density at radius 2 is 1.71 bits per heavy atom. The maximum atomic E-state index is 12.6. The van der Waals surface area contributed by atoms with Crippen molar-refractivity contribution in [2.75, 3.05) is 18.0 Å². The van der Waals surface area contributed by atoms with Crippen LogP contribution in [0.15, 0.2) is 82.3 Å². The van der Waals surface area contributed by atoms with Crippen LogP contribution in [0.1, 0.15) is 11.7 Å². The summed E-state index contributed by atoms with van der Waals surface area (Å²) in [6.07, 6.45) is 3.23. The summed E-state index contributed by atoms with van der Waals surface area (Å²) in [6.45, 7) is 1.34. The number of H-pyrrole nitrogens is 1. The standard InChI is InChI=1S/C23H18N6O2/c30-22-18-11-24-29(17-9-5-2-6-10-17)21(18)26-20(27-22)16-12-28(13-16)23-25-19(14-31-23)15-7-3-1-4-8-15/h1-11,14,16H,12-13H2,(H,26,27,30). The van der Waals surface area contributed by atoms with Crippen molar-refractivity contribution in [3.8, 4) is 16.9 Å². The third-order valence-corrected chi connectivity index (χ3v) is 5.56. The van der Waals surface area contributed by atoms with Gasteiger partial charge in [-0.05, 0) is 12.1 Å². The van der Waals surface area contributed by atoms with Gasteiger partial charge in [0.2, 0.25) is 0 Å². The highest BCUT2D eigenvalue weighted by Gasteiger charge is 2.33. The second kappa shape index (κ2) is 6.94. The van der Waals surface area contributed by atoms with E-state index in [4.69, 9.17) is 9.40 Å². The maximum Gasteiger partial charge on any atom is 0.297 e. The maximum absolute atomic E-state index is 12.6. The first-order valence-electron chi connectivity index (χ1n) is 10.1. The number of aromatic nitrogens is 5. The molecule has 0 saturated carbocycles. The lowest BCUT2D eigenvalue weighted by Crippen LogP contribution is -2.46. The van der Waals surface area contributed by atoms with Crippen molar-refractivity contribution < 1.29 is 4.42 Å². The highest BCUT2D eigenvalue weighted by molar-refractivity contribution is 5.75. The Labute approximate surface area is 176 Å². The Morgan fingerprint density at radius 3 is 2.48 bits per heavy atom. The van der Waals surface area contributed by atoms with Crippen LogP contribution in [0.3, 0.4) is 0 Å². The quantitative estimate of drug-likeness (QED) is 0.488. The number of nitrogens with zero attached hydrogens (tertiary/aromatic N) is 5. The molecule has 1 fully saturated rings. The van der Waals surface area contributed by atoms with Crippen LogP contribution in [0, 0.1) is 0 Å². The second-order valence-electron chi connectivity index (χ2n) is 7.56. The lowest BCUT2D eigenvalue weighted by molar-refractivity contribution is 0.439. The van der Waals surface area contributed by atoms with Crippen molar-refractivity contribution in [1.29, 1.82) is 0 Å². The van der Waals surface area contributed by atoms with Crippen LogP contribution in [0.25, 0.3) is 28.0 Å². The van der Waals surface area contributed by atoms with Crippen molar-refractivity contribution in [2.45, 2.75) is 5.92 Å². The number of para-hydroxylation sites is 1. The number of oxazole rings is 1. The van der Waals surface area contributed by atoms with Crippen molar-refractivity contribution in [2.24, 2.45) is 0 Å². The number of benzene rings is 2. The lowest BCUT2D eigenvalue weighted by atomic mass is 10.00. The minimum absolute atomic E-state index is 0.0864. The van der Waals surface area contributed by atoms with Gasteiger partial charge in [0.05, 0.1) is 17.8 Å². The summed E-state index contributed by atoms with van der Waals surface area (Å²) < 4.78 is 7.37. The average molecular weight is 410 g/mol. The molecule has 0 aliphatic carbocycles. The summed E-state index contributed by atoms with van der Waals surface area (Å²) in [7, 11) is 0. The number of hydrogen-bond acceptors (Lipinski definition) is 6. The molecule has 1 N–H and O–H groups in total. The van der Waals surface area contributed by atoms with E-state index < -0.39 is 0 Å².